The molecule has 0 saturated carbocycles. The zero-order valence-electron chi connectivity index (χ0n) is 16.7. The number of ether oxygens (including phenoxy) is 1. The maximum atomic E-state index is 14.3. The van der Waals surface area contributed by atoms with Crippen LogP contribution >= 0.6 is 0 Å². The number of aryl methyl sites for hydroxylation is 1. The Labute approximate surface area is 168 Å². The summed E-state index contributed by atoms with van der Waals surface area (Å²) in [4.78, 5) is 13.7. The lowest BCUT2D eigenvalue weighted by Gasteiger charge is -2.21. The fourth-order valence-electron chi connectivity index (χ4n) is 3.04. The van der Waals surface area contributed by atoms with Gasteiger partial charge in [0, 0.05) is 19.5 Å². The smallest absolute Gasteiger partial charge is 0.228 e. The van der Waals surface area contributed by atoms with Gasteiger partial charge in [-0.05, 0) is 37.6 Å². The summed E-state index contributed by atoms with van der Waals surface area (Å²) in [6, 6.07) is 12.4. The van der Waals surface area contributed by atoms with Crippen LogP contribution in [0, 0.1) is 18.6 Å². The fourth-order valence-corrected chi connectivity index (χ4v) is 3.04. The SMILES string of the molecule is CCCN(Cc1c(C)nn(-c2ccccc2)c1Oc1ccc(F)cc1F)C(C)=O. The van der Waals surface area contributed by atoms with Crippen LogP contribution in [0.5, 0.6) is 11.6 Å². The lowest BCUT2D eigenvalue weighted by atomic mass is 10.2. The van der Waals surface area contributed by atoms with Gasteiger partial charge in [-0.2, -0.15) is 5.10 Å². The summed E-state index contributed by atoms with van der Waals surface area (Å²) in [7, 11) is 0. The minimum atomic E-state index is -0.814. The topological polar surface area (TPSA) is 47.4 Å². The molecule has 1 amide bonds. The van der Waals surface area contributed by atoms with E-state index in [0.29, 0.717) is 23.7 Å². The van der Waals surface area contributed by atoms with Crippen molar-refractivity contribution in [1.29, 1.82) is 0 Å². The second-order valence-corrected chi connectivity index (χ2v) is 6.73. The summed E-state index contributed by atoms with van der Waals surface area (Å²) in [5.41, 5.74) is 2.05. The monoisotopic (exact) mass is 399 g/mol. The van der Waals surface area contributed by atoms with Crippen LogP contribution in [0.3, 0.4) is 0 Å². The molecule has 7 heteroatoms. The van der Waals surface area contributed by atoms with E-state index >= 15 is 0 Å². The van der Waals surface area contributed by atoms with Crippen LogP contribution in [0.25, 0.3) is 5.69 Å². The van der Waals surface area contributed by atoms with Crippen LogP contribution in [-0.2, 0) is 11.3 Å². The molecule has 152 valence electrons. The van der Waals surface area contributed by atoms with E-state index in [0.717, 1.165) is 24.2 Å². The summed E-state index contributed by atoms with van der Waals surface area (Å²) < 4.78 is 35.0. The highest BCUT2D eigenvalue weighted by Crippen LogP contribution is 2.33. The Balaban J connectivity index is 2.09. The molecule has 3 aromatic rings. The molecule has 29 heavy (non-hydrogen) atoms. The number of rotatable bonds is 7. The Morgan fingerprint density at radius 2 is 1.90 bits per heavy atom. The molecule has 3 rings (SSSR count). The Morgan fingerprint density at radius 1 is 1.17 bits per heavy atom. The molecule has 2 aromatic carbocycles. The second kappa shape index (κ2) is 8.86. The molecule has 0 aliphatic carbocycles. The number of hydrogen-bond acceptors (Lipinski definition) is 3. The van der Waals surface area contributed by atoms with E-state index in [-0.39, 0.29) is 18.2 Å². The first-order chi connectivity index (χ1) is 13.9. The summed E-state index contributed by atoms with van der Waals surface area (Å²) in [5.74, 6) is -1.39. The molecule has 0 fully saturated rings. The number of aromatic nitrogens is 2. The van der Waals surface area contributed by atoms with Gasteiger partial charge in [0.1, 0.15) is 5.82 Å². The molecule has 0 spiro atoms. The number of carbonyl (C=O) groups is 1. The molecule has 5 nitrogen and oxygen atoms in total. The van der Waals surface area contributed by atoms with E-state index in [1.54, 1.807) is 9.58 Å². The minimum Gasteiger partial charge on any atom is -0.435 e. The van der Waals surface area contributed by atoms with Crippen molar-refractivity contribution in [2.75, 3.05) is 6.54 Å². The van der Waals surface area contributed by atoms with Crippen LogP contribution in [0.4, 0.5) is 8.78 Å². The fraction of sp³-hybridized carbons (Fsp3) is 0.273. The lowest BCUT2D eigenvalue weighted by molar-refractivity contribution is -0.129. The number of para-hydroxylation sites is 1. The van der Waals surface area contributed by atoms with Gasteiger partial charge < -0.3 is 9.64 Å². The predicted octanol–water partition coefficient (Wildman–Crippen LogP) is 5.01. The molecular formula is C22H23F2N3O2. The molecule has 0 radical (unpaired) electrons. The first-order valence-corrected chi connectivity index (χ1v) is 9.43. The number of hydrogen-bond donors (Lipinski definition) is 0. The van der Waals surface area contributed by atoms with E-state index in [9.17, 15) is 13.6 Å². The van der Waals surface area contributed by atoms with E-state index in [4.69, 9.17) is 4.74 Å². The average Bonchev–Trinajstić information content (AvgIpc) is 2.99. The highest BCUT2D eigenvalue weighted by atomic mass is 19.1. The van der Waals surface area contributed by atoms with Crippen LogP contribution in [0.2, 0.25) is 0 Å². The van der Waals surface area contributed by atoms with Gasteiger partial charge in [0.15, 0.2) is 11.6 Å². The van der Waals surface area contributed by atoms with E-state index in [1.165, 1.54) is 13.0 Å². The van der Waals surface area contributed by atoms with E-state index in [2.05, 4.69) is 5.10 Å². The van der Waals surface area contributed by atoms with Crippen LogP contribution < -0.4 is 4.74 Å². The number of nitrogens with zero attached hydrogens (tertiary/aromatic N) is 3. The van der Waals surface area contributed by atoms with Gasteiger partial charge in [-0.1, -0.05) is 25.1 Å². The maximum absolute atomic E-state index is 14.3. The Morgan fingerprint density at radius 3 is 2.52 bits per heavy atom. The Hall–Kier alpha value is -3.22. The molecule has 0 aliphatic rings. The number of benzene rings is 2. The summed E-state index contributed by atoms with van der Waals surface area (Å²) in [6.07, 6.45) is 0.800. The second-order valence-electron chi connectivity index (χ2n) is 6.73. The summed E-state index contributed by atoms with van der Waals surface area (Å²) in [6.45, 7) is 6.16. The molecular weight excluding hydrogens is 376 g/mol. The van der Waals surface area contributed by atoms with Crippen molar-refractivity contribution in [3.8, 4) is 17.3 Å². The van der Waals surface area contributed by atoms with Gasteiger partial charge >= 0.3 is 0 Å². The number of amides is 1. The molecule has 0 saturated heterocycles. The molecule has 0 atom stereocenters. The molecule has 1 aromatic heterocycles. The number of halogens is 2. The van der Waals surface area contributed by atoms with Gasteiger partial charge in [-0.3, -0.25) is 4.79 Å². The third-order valence-electron chi connectivity index (χ3n) is 4.53. The van der Waals surface area contributed by atoms with Crippen molar-refractivity contribution in [2.45, 2.75) is 33.7 Å². The molecule has 0 aliphatic heterocycles. The molecule has 1 heterocycles. The third-order valence-corrected chi connectivity index (χ3v) is 4.53. The van der Waals surface area contributed by atoms with Crippen molar-refractivity contribution in [3.63, 3.8) is 0 Å². The highest BCUT2D eigenvalue weighted by molar-refractivity contribution is 5.73. The largest absolute Gasteiger partial charge is 0.435 e. The summed E-state index contributed by atoms with van der Waals surface area (Å²) in [5, 5.41) is 4.55. The molecule has 0 unspecified atom stereocenters. The molecule has 0 bridgehead atoms. The van der Waals surface area contributed by atoms with E-state index < -0.39 is 11.6 Å². The van der Waals surface area contributed by atoms with Gasteiger partial charge in [-0.25, -0.2) is 13.5 Å². The Bertz CT molecular complexity index is 1000. The zero-order chi connectivity index (χ0) is 21.0. The van der Waals surface area contributed by atoms with Crippen molar-refractivity contribution in [1.82, 2.24) is 14.7 Å². The molecule has 0 N–H and O–H groups in total. The maximum Gasteiger partial charge on any atom is 0.228 e. The highest BCUT2D eigenvalue weighted by Gasteiger charge is 2.23. The zero-order valence-corrected chi connectivity index (χ0v) is 16.7. The van der Waals surface area contributed by atoms with Gasteiger partial charge in [-0.15, -0.1) is 0 Å². The van der Waals surface area contributed by atoms with Gasteiger partial charge in [0.25, 0.3) is 0 Å². The third kappa shape index (κ3) is 4.62. The normalized spacial score (nSPS) is 10.8. The predicted molar refractivity (Wildman–Crippen MR) is 106 cm³/mol. The van der Waals surface area contributed by atoms with E-state index in [1.807, 2.05) is 44.2 Å². The standard InChI is InChI=1S/C22H23F2N3O2/c1-4-12-26(16(3)28)14-19-15(2)25-27(18-8-6-5-7-9-18)22(19)29-21-11-10-17(23)13-20(21)24/h5-11,13H,4,12,14H2,1-3H3. The van der Waals surface area contributed by atoms with Crippen molar-refractivity contribution < 1.29 is 18.3 Å². The lowest BCUT2D eigenvalue weighted by Crippen LogP contribution is -2.29. The quantitative estimate of drug-likeness (QED) is 0.561. The minimum absolute atomic E-state index is 0.0716. The van der Waals surface area contributed by atoms with Crippen LogP contribution in [-0.4, -0.2) is 27.1 Å². The van der Waals surface area contributed by atoms with Crippen molar-refractivity contribution >= 4 is 5.91 Å². The first kappa shape index (κ1) is 20.5. The first-order valence-electron chi connectivity index (χ1n) is 9.43. The Kier molecular flexibility index (Phi) is 6.26. The van der Waals surface area contributed by atoms with Crippen molar-refractivity contribution in [3.05, 3.63) is 71.4 Å². The van der Waals surface area contributed by atoms with Gasteiger partial charge in [0.2, 0.25) is 11.8 Å². The summed E-state index contributed by atoms with van der Waals surface area (Å²) >= 11 is 0. The average molecular weight is 399 g/mol. The van der Waals surface area contributed by atoms with Crippen LogP contribution in [0.1, 0.15) is 31.5 Å². The van der Waals surface area contributed by atoms with Gasteiger partial charge in [0.05, 0.1) is 23.5 Å². The van der Waals surface area contributed by atoms with Crippen LogP contribution in [0.15, 0.2) is 48.5 Å². The number of carbonyl (C=O) groups excluding carboxylic acids is 1. The van der Waals surface area contributed by atoms with Crippen molar-refractivity contribution in [2.24, 2.45) is 0 Å².